The van der Waals surface area contributed by atoms with Crippen molar-refractivity contribution in [3.8, 4) is 5.75 Å². The van der Waals surface area contributed by atoms with Crippen molar-refractivity contribution in [2.24, 2.45) is 0 Å². The quantitative estimate of drug-likeness (QED) is 0.889. The van der Waals surface area contributed by atoms with E-state index in [9.17, 15) is 5.11 Å². The molecule has 0 amide bonds. The van der Waals surface area contributed by atoms with Crippen molar-refractivity contribution in [2.45, 2.75) is 6.54 Å². The van der Waals surface area contributed by atoms with Crippen molar-refractivity contribution < 1.29 is 5.11 Å². The minimum Gasteiger partial charge on any atom is -0.506 e. The highest BCUT2D eigenvalue weighted by molar-refractivity contribution is 9.10. The minimum atomic E-state index is 0. The Morgan fingerprint density at radius 3 is 2.54 bits per heavy atom. The third-order valence-corrected chi connectivity index (χ3v) is 2.20. The van der Waals surface area contributed by atoms with Gasteiger partial charge in [-0.05, 0) is 36.1 Å². The molecule has 0 aliphatic rings. The SMILES string of the molecule is CN(C)Cc1cccc(Br)c1O.Cl. The van der Waals surface area contributed by atoms with E-state index >= 15 is 0 Å². The van der Waals surface area contributed by atoms with Crippen LogP contribution in [0, 0.1) is 0 Å². The Morgan fingerprint density at radius 2 is 2.00 bits per heavy atom. The molecule has 0 unspecified atom stereocenters. The van der Waals surface area contributed by atoms with Crippen LogP contribution < -0.4 is 0 Å². The normalized spacial score (nSPS) is 9.85. The van der Waals surface area contributed by atoms with Gasteiger partial charge >= 0.3 is 0 Å². The molecule has 0 bridgehead atoms. The number of phenolic OH excluding ortho intramolecular Hbond substituents is 1. The van der Waals surface area contributed by atoms with E-state index in [4.69, 9.17) is 0 Å². The zero-order valence-electron chi connectivity index (χ0n) is 7.62. The Kier molecular flexibility index (Phi) is 5.37. The highest BCUT2D eigenvalue weighted by atomic mass is 79.9. The van der Waals surface area contributed by atoms with E-state index in [2.05, 4.69) is 15.9 Å². The van der Waals surface area contributed by atoms with Crippen LogP contribution in [0.3, 0.4) is 0 Å². The summed E-state index contributed by atoms with van der Waals surface area (Å²) in [6, 6.07) is 5.66. The number of nitrogens with zero attached hydrogens (tertiary/aromatic N) is 1. The van der Waals surface area contributed by atoms with Crippen molar-refractivity contribution in [1.82, 2.24) is 4.90 Å². The molecule has 0 saturated carbocycles. The summed E-state index contributed by atoms with van der Waals surface area (Å²) in [6.45, 7) is 0.755. The maximum Gasteiger partial charge on any atom is 0.134 e. The predicted octanol–water partition coefficient (Wildman–Crippen LogP) is 2.64. The number of halogens is 2. The van der Waals surface area contributed by atoms with E-state index in [1.54, 1.807) is 0 Å². The first-order valence-electron chi connectivity index (χ1n) is 3.72. The number of aromatic hydroxyl groups is 1. The van der Waals surface area contributed by atoms with E-state index in [1.165, 1.54) is 0 Å². The van der Waals surface area contributed by atoms with Crippen LogP contribution in [0.1, 0.15) is 5.56 Å². The molecule has 1 rings (SSSR count). The van der Waals surface area contributed by atoms with E-state index in [-0.39, 0.29) is 12.4 Å². The van der Waals surface area contributed by atoms with Crippen molar-refractivity contribution in [3.05, 3.63) is 28.2 Å². The lowest BCUT2D eigenvalue weighted by Gasteiger charge is -2.11. The first-order valence-corrected chi connectivity index (χ1v) is 4.51. The third kappa shape index (κ3) is 3.55. The molecule has 2 nitrogen and oxygen atoms in total. The van der Waals surface area contributed by atoms with E-state index < -0.39 is 0 Å². The molecule has 0 spiro atoms. The van der Waals surface area contributed by atoms with Gasteiger partial charge in [-0.3, -0.25) is 0 Å². The summed E-state index contributed by atoms with van der Waals surface area (Å²) in [5, 5.41) is 9.57. The minimum absolute atomic E-state index is 0. The molecule has 0 saturated heterocycles. The Balaban J connectivity index is 0.00000144. The first kappa shape index (κ1) is 12.8. The van der Waals surface area contributed by atoms with Crippen molar-refractivity contribution in [1.29, 1.82) is 0 Å². The monoisotopic (exact) mass is 265 g/mol. The van der Waals surface area contributed by atoms with Gasteiger partial charge in [0.15, 0.2) is 0 Å². The lowest BCUT2D eigenvalue weighted by Crippen LogP contribution is -2.10. The van der Waals surface area contributed by atoms with Crippen LogP contribution >= 0.6 is 28.3 Å². The summed E-state index contributed by atoms with van der Waals surface area (Å²) in [4.78, 5) is 2.02. The van der Waals surface area contributed by atoms with Gasteiger partial charge < -0.3 is 10.0 Å². The number of hydrogen-bond donors (Lipinski definition) is 1. The topological polar surface area (TPSA) is 23.5 Å². The Bertz CT molecular complexity index is 278. The highest BCUT2D eigenvalue weighted by Crippen LogP contribution is 2.27. The number of para-hydroxylation sites is 1. The molecule has 0 heterocycles. The lowest BCUT2D eigenvalue weighted by molar-refractivity contribution is 0.385. The molecule has 1 aromatic carbocycles. The van der Waals surface area contributed by atoms with Crippen LogP contribution in [-0.2, 0) is 6.54 Å². The van der Waals surface area contributed by atoms with Gasteiger partial charge in [-0.15, -0.1) is 12.4 Å². The molecule has 0 aromatic heterocycles. The van der Waals surface area contributed by atoms with E-state index in [1.807, 2.05) is 37.2 Å². The second-order valence-corrected chi connectivity index (χ2v) is 3.84. The Hall–Kier alpha value is -0.250. The van der Waals surface area contributed by atoms with Crippen LogP contribution in [0.5, 0.6) is 5.75 Å². The van der Waals surface area contributed by atoms with Crippen molar-refractivity contribution >= 4 is 28.3 Å². The predicted molar refractivity (Wildman–Crippen MR) is 60.4 cm³/mol. The average Bonchev–Trinajstić information content (AvgIpc) is 1.98. The summed E-state index contributed by atoms with van der Waals surface area (Å²) >= 11 is 3.27. The molecule has 74 valence electrons. The molecular weight excluding hydrogens is 253 g/mol. The number of rotatable bonds is 2. The molecule has 0 atom stereocenters. The molecule has 0 aliphatic carbocycles. The lowest BCUT2D eigenvalue weighted by atomic mass is 10.2. The van der Waals surface area contributed by atoms with Gasteiger partial charge in [-0.25, -0.2) is 0 Å². The highest BCUT2D eigenvalue weighted by Gasteiger charge is 2.04. The molecule has 1 N–H and O–H groups in total. The molecule has 0 fully saturated rings. The third-order valence-electron chi connectivity index (χ3n) is 1.56. The standard InChI is InChI=1S/C9H12BrNO.ClH/c1-11(2)6-7-4-3-5-8(10)9(7)12;/h3-5,12H,6H2,1-2H3;1H. The number of phenols is 1. The molecule has 0 radical (unpaired) electrons. The smallest absolute Gasteiger partial charge is 0.134 e. The second-order valence-electron chi connectivity index (χ2n) is 2.99. The van der Waals surface area contributed by atoms with E-state index in [0.717, 1.165) is 16.6 Å². The van der Waals surface area contributed by atoms with Crippen molar-refractivity contribution in [2.75, 3.05) is 14.1 Å². The number of benzene rings is 1. The van der Waals surface area contributed by atoms with Gasteiger partial charge in [0.2, 0.25) is 0 Å². The molecule has 4 heteroatoms. The summed E-state index contributed by atoms with van der Waals surface area (Å²) in [7, 11) is 3.95. The number of hydrogen-bond acceptors (Lipinski definition) is 2. The zero-order valence-corrected chi connectivity index (χ0v) is 10.0. The molecule has 13 heavy (non-hydrogen) atoms. The van der Waals surface area contributed by atoms with Gasteiger partial charge in [-0.2, -0.15) is 0 Å². The zero-order chi connectivity index (χ0) is 9.14. The van der Waals surface area contributed by atoms with E-state index in [0.29, 0.717) is 5.75 Å². The van der Waals surface area contributed by atoms with Crippen LogP contribution in [-0.4, -0.2) is 24.1 Å². The van der Waals surface area contributed by atoms with Crippen LogP contribution in [0.15, 0.2) is 22.7 Å². The second kappa shape index (κ2) is 5.47. The average molecular weight is 267 g/mol. The summed E-state index contributed by atoms with van der Waals surface area (Å²) in [6.07, 6.45) is 0. The van der Waals surface area contributed by atoms with Crippen LogP contribution in [0.4, 0.5) is 0 Å². The summed E-state index contributed by atoms with van der Waals surface area (Å²) in [5.41, 5.74) is 0.939. The van der Waals surface area contributed by atoms with Gasteiger partial charge in [0.05, 0.1) is 4.47 Å². The maximum atomic E-state index is 9.57. The fraction of sp³-hybridized carbons (Fsp3) is 0.333. The van der Waals surface area contributed by atoms with Gasteiger partial charge in [0, 0.05) is 12.1 Å². The largest absolute Gasteiger partial charge is 0.506 e. The molecule has 0 aliphatic heterocycles. The maximum absolute atomic E-state index is 9.57. The van der Waals surface area contributed by atoms with Crippen LogP contribution in [0.25, 0.3) is 0 Å². The van der Waals surface area contributed by atoms with Crippen molar-refractivity contribution in [3.63, 3.8) is 0 Å². The Morgan fingerprint density at radius 1 is 1.38 bits per heavy atom. The molecular formula is C9H13BrClNO. The Labute approximate surface area is 93.1 Å². The summed E-state index contributed by atoms with van der Waals surface area (Å²) in [5.74, 6) is 0.339. The fourth-order valence-corrected chi connectivity index (χ4v) is 1.44. The molecule has 1 aromatic rings. The first-order chi connectivity index (χ1) is 5.61. The summed E-state index contributed by atoms with van der Waals surface area (Å²) < 4.78 is 0.752. The van der Waals surface area contributed by atoms with Gasteiger partial charge in [0.1, 0.15) is 5.75 Å². The van der Waals surface area contributed by atoms with Gasteiger partial charge in [0.25, 0.3) is 0 Å². The van der Waals surface area contributed by atoms with Gasteiger partial charge in [-0.1, -0.05) is 12.1 Å². The van der Waals surface area contributed by atoms with Crippen LogP contribution in [0.2, 0.25) is 0 Å². The fourth-order valence-electron chi connectivity index (χ4n) is 1.03.